The standard InChI is InChI=1S/C54H56N4O6/c1-5-31-29-57-23-19-33(31)25-45(57)53(39-17-21-55-43-13-11-35(61-3)27-41(39)43)63-47-15-16-48(50-49(47)51(59)37-9-7-8-10-38(37)52(50)60)64-54(46-26-34-20-24-58(46)30-32(34)6-2)40-18-22-56-44-14-12-36(62-4)28-42(40)44/h7-18,21-22,27-28,31-34,45-46,53-54H,5-6,19-20,23-26,29-30H2,1-4H3/t31?,32?,33?,34?,45?,46?,53-,54-/m0/s1. The number of rotatable bonds is 12. The molecule has 6 aromatic rings. The third kappa shape index (κ3) is 6.83. The lowest BCUT2D eigenvalue weighted by Crippen LogP contribution is -2.56. The lowest BCUT2D eigenvalue weighted by molar-refractivity contribution is -0.0493. The van der Waals surface area contributed by atoms with Crippen molar-refractivity contribution < 1.29 is 28.5 Å². The molecule has 64 heavy (non-hydrogen) atoms. The predicted octanol–water partition coefficient (Wildman–Crippen LogP) is 10.1. The van der Waals surface area contributed by atoms with Crippen LogP contribution in [0, 0.1) is 23.7 Å². The Morgan fingerprint density at radius 3 is 1.45 bits per heavy atom. The zero-order valence-electron chi connectivity index (χ0n) is 37.2. The minimum absolute atomic E-state index is 0.0377. The molecule has 4 aromatic carbocycles. The zero-order valence-corrected chi connectivity index (χ0v) is 37.2. The second-order valence-corrected chi connectivity index (χ2v) is 18.7. The first kappa shape index (κ1) is 40.9. The monoisotopic (exact) mass is 856 g/mol. The van der Waals surface area contributed by atoms with Gasteiger partial charge < -0.3 is 18.9 Å². The van der Waals surface area contributed by atoms with Crippen LogP contribution < -0.4 is 18.9 Å². The van der Waals surface area contributed by atoms with Gasteiger partial charge in [-0.05, 0) is 123 Å². The number of carbonyl (C=O) groups is 2. The van der Waals surface area contributed by atoms with Crippen LogP contribution in [0.3, 0.4) is 0 Å². The van der Waals surface area contributed by atoms with Crippen molar-refractivity contribution in [2.45, 2.75) is 76.7 Å². The third-order valence-corrected chi connectivity index (χ3v) is 15.7. The maximum Gasteiger partial charge on any atom is 0.198 e. The van der Waals surface area contributed by atoms with Gasteiger partial charge >= 0.3 is 0 Å². The molecule has 6 fully saturated rings. The number of pyridine rings is 2. The molecular formula is C54H56N4O6. The molecule has 0 saturated carbocycles. The second kappa shape index (κ2) is 16.6. The first-order valence-corrected chi connectivity index (χ1v) is 23.4. The fraction of sp³-hybridized carbons (Fsp3) is 0.407. The van der Waals surface area contributed by atoms with E-state index in [1.807, 2.05) is 85.2 Å². The minimum Gasteiger partial charge on any atom is -0.497 e. The van der Waals surface area contributed by atoms with Crippen molar-refractivity contribution in [3.8, 4) is 23.0 Å². The molecule has 8 heterocycles. The van der Waals surface area contributed by atoms with E-state index in [1.165, 1.54) is 0 Å². The molecule has 7 aliphatic rings. The molecule has 6 saturated heterocycles. The number of aromatic nitrogens is 2. The number of benzene rings is 4. The van der Waals surface area contributed by atoms with E-state index in [0.717, 1.165) is 109 Å². The molecule has 10 nitrogen and oxygen atoms in total. The van der Waals surface area contributed by atoms with Crippen molar-refractivity contribution in [1.29, 1.82) is 0 Å². The van der Waals surface area contributed by atoms with Crippen LogP contribution in [0.5, 0.6) is 23.0 Å². The van der Waals surface area contributed by atoms with Crippen molar-refractivity contribution >= 4 is 33.4 Å². The number of piperidine rings is 6. The van der Waals surface area contributed by atoms with Gasteiger partial charge in [0.25, 0.3) is 0 Å². The summed E-state index contributed by atoms with van der Waals surface area (Å²) >= 11 is 0. The van der Waals surface area contributed by atoms with Gasteiger partial charge in [-0.15, -0.1) is 0 Å². The number of fused-ring (bicyclic) bond motifs is 10. The van der Waals surface area contributed by atoms with Crippen LogP contribution in [0.1, 0.15) is 108 Å². The molecule has 0 N–H and O–H groups in total. The minimum atomic E-state index is -0.475. The highest BCUT2D eigenvalue weighted by molar-refractivity contribution is 6.30. The first-order valence-electron chi connectivity index (χ1n) is 23.4. The van der Waals surface area contributed by atoms with Crippen molar-refractivity contribution in [2.24, 2.45) is 23.7 Å². The summed E-state index contributed by atoms with van der Waals surface area (Å²) in [4.78, 5) is 45.0. The third-order valence-electron chi connectivity index (χ3n) is 15.7. The van der Waals surface area contributed by atoms with E-state index in [9.17, 15) is 0 Å². The van der Waals surface area contributed by atoms with E-state index in [2.05, 4.69) is 23.6 Å². The molecule has 10 heteroatoms. The van der Waals surface area contributed by atoms with E-state index >= 15 is 9.59 Å². The average molecular weight is 857 g/mol. The Labute approximate surface area is 374 Å². The molecule has 6 aliphatic heterocycles. The van der Waals surface area contributed by atoms with Gasteiger partial charge in [0.05, 0.1) is 48.5 Å². The Morgan fingerprint density at radius 1 is 0.609 bits per heavy atom. The summed E-state index contributed by atoms with van der Waals surface area (Å²) in [6.45, 7) is 8.58. The van der Waals surface area contributed by atoms with E-state index in [4.69, 9.17) is 28.9 Å². The van der Waals surface area contributed by atoms with Crippen molar-refractivity contribution in [3.05, 3.63) is 131 Å². The highest BCUT2D eigenvalue weighted by atomic mass is 16.5. The smallest absolute Gasteiger partial charge is 0.198 e. The second-order valence-electron chi connectivity index (χ2n) is 18.7. The number of hydrogen-bond acceptors (Lipinski definition) is 10. The van der Waals surface area contributed by atoms with E-state index in [-0.39, 0.29) is 34.8 Å². The molecule has 13 rings (SSSR count). The highest BCUT2D eigenvalue weighted by Crippen LogP contribution is 2.49. The Kier molecular flexibility index (Phi) is 10.6. The van der Waals surface area contributed by atoms with E-state index in [0.29, 0.717) is 46.3 Å². The van der Waals surface area contributed by atoms with Crippen molar-refractivity contribution in [3.63, 3.8) is 0 Å². The Morgan fingerprint density at radius 2 is 1.06 bits per heavy atom. The number of methoxy groups -OCH3 is 2. The van der Waals surface area contributed by atoms with Gasteiger partial charge in [0, 0.05) is 58.5 Å². The molecule has 0 spiro atoms. The van der Waals surface area contributed by atoms with Gasteiger partial charge in [0.2, 0.25) is 0 Å². The number of ether oxygens (including phenoxy) is 4. The molecule has 328 valence electrons. The number of carbonyl (C=O) groups excluding carboxylic acids is 2. The summed E-state index contributed by atoms with van der Waals surface area (Å²) in [5.41, 5.74) is 4.87. The Hall–Kier alpha value is -5.84. The molecule has 2 aromatic heterocycles. The summed E-state index contributed by atoms with van der Waals surface area (Å²) in [5.74, 6) is 4.15. The fourth-order valence-electron chi connectivity index (χ4n) is 12.3. The molecule has 4 bridgehead atoms. The molecule has 8 unspecified atom stereocenters. The van der Waals surface area contributed by atoms with Crippen LogP contribution in [-0.4, -0.2) is 83.8 Å². The van der Waals surface area contributed by atoms with Crippen LogP contribution >= 0.6 is 0 Å². The topological polar surface area (TPSA) is 103 Å². The average Bonchev–Trinajstić information content (AvgIpc) is 3.36. The summed E-state index contributed by atoms with van der Waals surface area (Å²) in [6.07, 6.45) is 9.30. The van der Waals surface area contributed by atoms with Gasteiger partial charge in [-0.2, -0.15) is 0 Å². The van der Waals surface area contributed by atoms with Gasteiger partial charge in [-0.1, -0.05) is 51.0 Å². The van der Waals surface area contributed by atoms with Crippen molar-refractivity contribution in [1.82, 2.24) is 19.8 Å². The zero-order chi connectivity index (χ0) is 43.6. The van der Waals surface area contributed by atoms with E-state index < -0.39 is 12.2 Å². The lowest BCUT2D eigenvalue weighted by Gasteiger charge is -2.52. The quantitative estimate of drug-likeness (QED) is 0.118. The van der Waals surface area contributed by atoms with Gasteiger partial charge in [0.15, 0.2) is 11.6 Å². The summed E-state index contributed by atoms with van der Waals surface area (Å²) in [6, 6.07) is 27.0. The highest BCUT2D eigenvalue weighted by Gasteiger charge is 2.47. The van der Waals surface area contributed by atoms with Crippen LogP contribution in [-0.2, 0) is 0 Å². The van der Waals surface area contributed by atoms with Crippen LogP contribution in [0.15, 0.2) is 97.3 Å². The van der Waals surface area contributed by atoms with Gasteiger partial charge in [-0.25, -0.2) is 0 Å². The Balaban J connectivity index is 1.07. The normalized spacial score (nSPS) is 26.6. The summed E-state index contributed by atoms with van der Waals surface area (Å²) < 4.78 is 26.3. The largest absolute Gasteiger partial charge is 0.497 e. The number of ketones is 2. The van der Waals surface area contributed by atoms with Crippen LogP contribution in [0.2, 0.25) is 0 Å². The predicted molar refractivity (Wildman–Crippen MR) is 247 cm³/mol. The maximum atomic E-state index is 15.1. The number of nitrogens with zero attached hydrogens (tertiary/aromatic N) is 4. The number of hydrogen-bond donors (Lipinski definition) is 0. The maximum absolute atomic E-state index is 15.1. The molecule has 1 aliphatic carbocycles. The van der Waals surface area contributed by atoms with Crippen LogP contribution in [0.25, 0.3) is 21.8 Å². The molecule has 0 amide bonds. The van der Waals surface area contributed by atoms with Gasteiger partial charge in [-0.3, -0.25) is 29.4 Å². The lowest BCUT2D eigenvalue weighted by atomic mass is 9.72. The van der Waals surface area contributed by atoms with Crippen LogP contribution in [0.4, 0.5) is 0 Å². The molecular weight excluding hydrogens is 801 g/mol. The molecule has 0 radical (unpaired) electrons. The Bertz CT molecular complexity index is 2600. The fourth-order valence-corrected chi connectivity index (χ4v) is 12.3. The van der Waals surface area contributed by atoms with E-state index in [1.54, 1.807) is 26.4 Å². The van der Waals surface area contributed by atoms with Gasteiger partial charge in [0.1, 0.15) is 35.2 Å². The SMILES string of the molecule is CCC1CN2CCC1CC2[C@@H](Oc1ccc(O[C@@H](c2ccnc3ccc(OC)cc23)C2CC3CCN2CC3CC)c2c1C(=O)c1ccccc1C2=O)c1ccnc2ccc(OC)cc12. The summed E-state index contributed by atoms with van der Waals surface area (Å²) in [7, 11) is 3.35. The first-order chi connectivity index (χ1) is 31.3. The summed E-state index contributed by atoms with van der Waals surface area (Å²) in [5, 5.41) is 1.88. The van der Waals surface area contributed by atoms with Crippen molar-refractivity contribution in [2.75, 3.05) is 40.4 Å². The molecule has 10 atom stereocenters.